The van der Waals surface area contributed by atoms with Crippen LogP contribution >= 0.6 is 45.3 Å². The van der Waals surface area contributed by atoms with Gasteiger partial charge in [-0.25, -0.2) is 0 Å². The zero-order valence-electron chi connectivity index (χ0n) is 22.0. The van der Waals surface area contributed by atoms with Crippen molar-refractivity contribution in [1.29, 1.82) is 0 Å². The van der Waals surface area contributed by atoms with Gasteiger partial charge in [0.15, 0.2) is 0 Å². The number of fused-ring (bicyclic) bond motifs is 7. The van der Waals surface area contributed by atoms with Crippen molar-refractivity contribution in [2.75, 3.05) is 13.2 Å². The standard InChI is InChI=1S/C32H36OS4/c1-3-5-6-7-8-9-11-23-15-21-17-25-29(19-27(21)34-23)36-32-26-18-22-16-24(12-10-14-33-13-4-2)35-28(22)20-30(26)37-31(25)32/h15-20H,3-14H2,1-2H3. The first-order chi connectivity index (χ1) is 18.2. The van der Waals surface area contributed by atoms with E-state index >= 15 is 0 Å². The Kier molecular flexibility index (Phi) is 8.15. The van der Waals surface area contributed by atoms with Crippen molar-refractivity contribution in [3.63, 3.8) is 0 Å². The molecule has 0 amide bonds. The van der Waals surface area contributed by atoms with Crippen LogP contribution in [-0.2, 0) is 17.6 Å². The summed E-state index contributed by atoms with van der Waals surface area (Å²) in [5, 5.41) is 5.73. The first kappa shape index (κ1) is 25.8. The number of rotatable bonds is 13. The molecule has 0 saturated carbocycles. The molecule has 5 heteroatoms. The van der Waals surface area contributed by atoms with E-state index < -0.39 is 0 Å². The molecule has 0 saturated heterocycles. The summed E-state index contributed by atoms with van der Waals surface area (Å²) in [6.45, 7) is 6.21. The lowest BCUT2D eigenvalue weighted by Gasteiger charge is -2.00. The van der Waals surface area contributed by atoms with E-state index in [9.17, 15) is 0 Å². The van der Waals surface area contributed by atoms with Gasteiger partial charge in [-0.05, 0) is 79.3 Å². The van der Waals surface area contributed by atoms with E-state index in [0.717, 1.165) is 32.5 Å². The second-order valence-electron chi connectivity index (χ2n) is 10.3. The van der Waals surface area contributed by atoms with Crippen LogP contribution in [0.4, 0.5) is 0 Å². The van der Waals surface area contributed by atoms with Crippen LogP contribution in [-0.4, -0.2) is 13.2 Å². The quantitative estimate of drug-likeness (QED) is 0.127. The molecule has 0 N–H and O–H groups in total. The van der Waals surface area contributed by atoms with Crippen molar-refractivity contribution in [3.8, 4) is 0 Å². The maximum absolute atomic E-state index is 5.68. The molecule has 4 aromatic heterocycles. The normalized spacial score (nSPS) is 12.4. The second-order valence-corrected chi connectivity index (χ2v) is 14.7. The van der Waals surface area contributed by atoms with E-state index in [2.05, 4.69) is 50.2 Å². The number of benzene rings is 2. The summed E-state index contributed by atoms with van der Waals surface area (Å²) in [5.41, 5.74) is 0. The molecule has 0 fully saturated rings. The summed E-state index contributed by atoms with van der Waals surface area (Å²) in [6.07, 6.45) is 12.8. The first-order valence-corrected chi connectivity index (χ1v) is 17.3. The number of aryl methyl sites for hydroxylation is 2. The SMILES string of the molecule is CCCCCCCCc1cc2cc3c(cc2s1)sc1c2cc4cc(CCCOCCC)sc4cc2sc31. The molecule has 1 nitrogen and oxygen atoms in total. The minimum atomic E-state index is 0.873. The van der Waals surface area contributed by atoms with Crippen LogP contribution in [0.25, 0.3) is 49.7 Å². The molecule has 6 aromatic rings. The van der Waals surface area contributed by atoms with Gasteiger partial charge < -0.3 is 4.74 Å². The average Bonchev–Trinajstić information content (AvgIpc) is 3.64. The fourth-order valence-electron chi connectivity index (χ4n) is 5.36. The highest BCUT2D eigenvalue weighted by Gasteiger charge is 2.15. The third kappa shape index (κ3) is 5.49. The Morgan fingerprint density at radius 2 is 1.08 bits per heavy atom. The Morgan fingerprint density at radius 3 is 1.68 bits per heavy atom. The number of hydrogen-bond donors (Lipinski definition) is 0. The topological polar surface area (TPSA) is 9.23 Å². The number of thiophene rings is 4. The van der Waals surface area contributed by atoms with Crippen LogP contribution in [0.3, 0.4) is 0 Å². The highest BCUT2D eigenvalue weighted by atomic mass is 32.1. The highest BCUT2D eigenvalue weighted by Crippen LogP contribution is 2.47. The van der Waals surface area contributed by atoms with E-state index in [4.69, 9.17) is 4.74 Å². The zero-order chi connectivity index (χ0) is 25.2. The van der Waals surface area contributed by atoms with Crippen molar-refractivity contribution in [2.24, 2.45) is 0 Å². The Morgan fingerprint density at radius 1 is 0.514 bits per heavy atom. The van der Waals surface area contributed by atoms with Gasteiger partial charge in [-0.1, -0.05) is 46.0 Å². The van der Waals surface area contributed by atoms with Gasteiger partial charge in [0.2, 0.25) is 0 Å². The van der Waals surface area contributed by atoms with Crippen LogP contribution in [0, 0.1) is 0 Å². The molecule has 2 aromatic carbocycles. The van der Waals surface area contributed by atoms with Crippen LogP contribution in [0.15, 0.2) is 36.4 Å². The smallest absolute Gasteiger partial charge is 0.0542 e. The molecule has 0 aliphatic carbocycles. The van der Waals surface area contributed by atoms with Crippen LogP contribution in [0.2, 0.25) is 0 Å². The molecule has 0 radical (unpaired) electrons. The van der Waals surface area contributed by atoms with E-state index in [1.165, 1.54) is 99.6 Å². The van der Waals surface area contributed by atoms with E-state index in [0.29, 0.717) is 0 Å². The summed E-state index contributed by atoms with van der Waals surface area (Å²) in [7, 11) is 0. The molecular formula is C32H36OS4. The zero-order valence-corrected chi connectivity index (χ0v) is 25.3. The number of ether oxygens (including phenoxy) is 1. The van der Waals surface area contributed by atoms with E-state index in [-0.39, 0.29) is 0 Å². The fraction of sp³-hybridized carbons (Fsp3) is 0.438. The summed E-state index contributed by atoms with van der Waals surface area (Å²) in [6, 6.07) is 14.7. The maximum Gasteiger partial charge on any atom is 0.0542 e. The lowest BCUT2D eigenvalue weighted by Crippen LogP contribution is -1.96. The van der Waals surface area contributed by atoms with Crippen molar-refractivity contribution >= 4 is 95.1 Å². The number of hydrogen-bond acceptors (Lipinski definition) is 5. The second kappa shape index (κ2) is 11.7. The van der Waals surface area contributed by atoms with Gasteiger partial charge in [0.25, 0.3) is 0 Å². The monoisotopic (exact) mass is 564 g/mol. The van der Waals surface area contributed by atoms with Gasteiger partial charge in [-0.15, -0.1) is 45.3 Å². The Labute approximate surface area is 236 Å². The first-order valence-electron chi connectivity index (χ1n) is 14.0. The number of unbranched alkanes of at least 4 members (excludes halogenated alkanes) is 5. The van der Waals surface area contributed by atoms with Crippen LogP contribution in [0.5, 0.6) is 0 Å². The minimum absolute atomic E-state index is 0.873. The lowest BCUT2D eigenvalue weighted by molar-refractivity contribution is 0.133. The Bertz CT molecular complexity index is 1640. The van der Waals surface area contributed by atoms with Gasteiger partial charge in [-0.2, -0.15) is 0 Å². The van der Waals surface area contributed by atoms with Crippen molar-refractivity contribution < 1.29 is 4.74 Å². The van der Waals surface area contributed by atoms with Crippen molar-refractivity contribution in [3.05, 3.63) is 46.2 Å². The molecule has 0 bridgehead atoms. The highest BCUT2D eigenvalue weighted by molar-refractivity contribution is 7.37. The Balaban J connectivity index is 1.24. The Hall–Kier alpha value is -1.50. The van der Waals surface area contributed by atoms with Gasteiger partial charge in [0, 0.05) is 52.5 Å². The molecule has 194 valence electrons. The lowest BCUT2D eigenvalue weighted by atomic mass is 10.1. The molecular weight excluding hydrogens is 529 g/mol. The fourth-order valence-corrected chi connectivity index (χ4v) is 10.4. The molecule has 4 heterocycles. The van der Waals surface area contributed by atoms with E-state index in [1.54, 1.807) is 4.88 Å². The summed E-state index contributed by atoms with van der Waals surface area (Å²) in [5.74, 6) is 0. The third-order valence-corrected chi connectivity index (χ3v) is 12.1. The predicted molar refractivity (Wildman–Crippen MR) is 172 cm³/mol. The van der Waals surface area contributed by atoms with Crippen LogP contribution < -0.4 is 0 Å². The van der Waals surface area contributed by atoms with Gasteiger partial charge in [0.05, 0.1) is 9.40 Å². The molecule has 0 unspecified atom stereocenters. The summed E-state index contributed by atoms with van der Waals surface area (Å²) < 4.78 is 14.4. The molecule has 0 aliphatic heterocycles. The molecule has 0 spiro atoms. The van der Waals surface area contributed by atoms with Gasteiger partial charge in [0.1, 0.15) is 0 Å². The van der Waals surface area contributed by atoms with Crippen molar-refractivity contribution in [2.45, 2.75) is 78.1 Å². The molecule has 0 aliphatic rings. The van der Waals surface area contributed by atoms with Crippen LogP contribution in [0.1, 0.15) is 75.0 Å². The van der Waals surface area contributed by atoms with Gasteiger partial charge >= 0.3 is 0 Å². The van der Waals surface area contributed by atoms with E-state index in [1.807, 2.05) is 45.3 Å². The van der Waals surface area contributed by atoms with Crippen molar-refractivity contribution in [1.82, 2.24) is 0 Å². The predicted octanol–water partition coefficient (Wildman–Crippen LogP) is 12.0. The summed E-state index contributed by atoms with van der Waals surface area (Å²) in [4.78, 5) is 3.04. The van der Waals surface area contributed by atoms with Gasteiger partial charge in [-0.3, -0.25) is 0 Å². The molecule has 6 rings (SSSR count). The molecule has 37 heavy (non-hydrogen) atoms. The average molecular weight is 565 g/mol. The maximum atomic E-state index is 5.68. The molecule has 0 atom stereocenters. The summed E-state index contributed by atoms with van der Waals surface area (Å²) >= 11 is 7.96. The largest absolute Gasteiger partial charge is 0.381 e. The third-order valence-electron chi connectivity index (χ3n) is 7.30. The minimum Gasteiger partial charge on any atom is -0.381 e.